The summed E-state index contributed by atoms with van der Waals surface area (Å²) >= 11 is 1.59. The molecule has 6 heteroatoms. The Kier molecular flexibility index (Phi) is 5.77. The van der Waals surface area contributed by atoms with Crippen LogP contribution in [0, 0.1) is 5.82 Å². The molecular formula is C11H16FNO2S2. The van der Waals surface area contributed by atoms with E-state index in [1.165, 1.54) is 18.4 Å². The first kappa shape index (κ1) is 14.3. The molecule has 3 nitrogen and oxygen atoms in total. The van der Waals surface area contributed by atoms with Crippen LogP contribution < -0.4 is 5.32 Å². The van der Waals surface area contributed by atoms with Crippen LogP contribution in [-0.2, 0) is 9.84 Å². The highest BCUT2D eigenvalue weighted by Crippen LogP contribution is 2.08. The van der Waals surface area contributed by atoms with Gasteiger partial charge in [-0.1, -0.05) is 0 Å². The van der Waals surface area contributed by atoms with Crippen molar-refractivity contribution in [1.29, 1.82) is 0 Å². The molecule has 0 aromatic heterocycles. The van der Waals surface area contributed by atoms with Crippen LogP contribution in [0.15, 0.2) is 24.3 Å². The van der Waals surface area contributed by atoms with Gasteiger partial charge in [0.15, 0.2) is 0 Å². The number of sulfone groups is 1. The normalized spacial score (nSPS) is 11.4. The first-order valence-corrected chi connectivity index (χ1v) is 8.44. The molecule has 0 aliphatic carbocycles. The first-order valence-electron chi connectivity index (χ1n) is 5.22. The minimum absolute atomic E-state index is 0.216. The molecule has 0 radical (unpaired) electrons. The van der Waals surface area contributed by atoms with E-state index in [-0.39, 0.29) is 11.6 Å². The Hall–Kier alpha value is -0.750. The average molecular weight is 277 g/mol. The van der Waals surface area contributed by atoms with E-state index in [1.807, 2.05) is 0 Å². The van der Waals surface area contributed by atoms with E-state index in [1.54, 1.807) is 23.9 Å². The third-order valence-corrected chi connectivity index (χ3v) is 4.21. The number of hydrogen-bond acceptors (Lipinski definition) is 4. The molecule has 1 aromatic carbocycles. The van der Waals surface area contributed by atoms with E-state index in [9.17, 15) is 12.8 Å². The summed E-state index contributed by atoms with van der Waals surface area (Å²) in [7, 11) is -2.85. The fraction of sp³-hybridized carbons (Fsp3) is 0.455. The molecule has 0 aliphatic rings. The molecule has 0 heterocycles. The van der Waals surface area contributed by atoms with Gasteiger partial charge < -0.3 is 5.32 Å². The van der Waals surface area contributed by atoms with Gasteiger partial charge in [-0.05, 0) is 24.3 Å². The molecule has 0 fully saturated rings. The molecule has 1 rings (SSSR count). The Bertz CT molecular complexity index is 431. The molecule has 0 unspecified atom stereocenters. The maximum Gasteiger partial charge on any atom is 0.148 e. The quantitative estimate of drug-likeness (QED) is 0.775. The molecule has 1 aromatic rings. The fourth-order valence-electron chi connectivity index (χ4n) is 1.15. The van der Waals surface area contributed by atoms with Crippen molar-refractivity contribution in [2.24, 2.45) is 0 Å². The van der Waals surface area contributed by atoms with E-state index >= 15 is 0 Å². The molecule has 0 saturated carbocycles. The molecule has 0 aliphatic heterocycles. The monoisotopic (exact) mass is 277 g/mol. The van der Waals surface area contributed by atoms with Crippen LogP contribution in [0.25, 0.3) is 0 Å². The Labute approximate surface area is 106 Å². The van der Waals surface area contributed by atoms with Gasteiger partial charge in [-0.15, -0.1) is 0 Å². The number of benzene rings is 1. The third kappa shape index (κ3) is 7.23. The van der Waals surface area contributed by atoms with Crippen LogP contribution in [0.1, 0.15) is 0 Å². The van der Waals surface area contributed by atoms with Crippen molar-refractivity contribution in [2.45, 2.75) is 0 Å². The molecule has 0 atom stereocenters. The Balaban J connectivity index is 2.10. The van der Waals surface area contributed by atoms with Crippen molar-refractivity contribution < 1.29 is 12.8 Å². The number of hydrogen-bond donors (Lipinski definition) is 1. The lowest BCUT2D eigenvalue weighted by Crippen LogP contribution is -2.08. The summed E-state index contributed by atoms with van der Waals surface area (Å²) < 4.78 is 34.3. The second kappa shape index (κ2) is 6.86. The average Bonchev–Trinajstić information content (AvgIpc) is 2.24. The summed E-state index contributed by atoms with van der Waals surface area (Å²) in [5.74, 6) is 1.41. The zero-order valence-electron chi connectivity index (χ0n) is 9.65. The highest BCUT2D eigenvalue weighted by molar-refractivity contribution is 8.00. The second-order valence-electron chi connectivity index (χ2n) is 3.68. The molecule has 17 heavy (non-hydrogen) atoms. The number of thioether (sulfide) groups is 1. The van der Waals surface area contributed by atoms with E-state index < -0.39 is 9.84 Å². The smallest absolute Gasteiger partial charge is 0.148 e. The zero-order valence-corrected chi connectivity index (χ0v) is 11.3. The molecule has 0 amide bonds. The van der Waals surface area contributed by atoms with Crippen LogP contribution in [-0.4, -0.2) is 38.5 Å². The maximum atomic E-state index is 12.6. The summed E-state index contributed by atoms with van der Waals surface area (Å²) in [4.78, 5) is 0. The Morgan fingerprint density at radius 1 is 1.24 bits per heavy atom. The van der Waals surface area contributed by atoms with Gasteiger partial charge in [-0.2, -0.15) is 11.8 Å². The predicted octanol–water partition coefficient (Wildman–Crippen LogP) is 2.02. The predicted molar refractivity (Wildman–Crippen MR) is 71.9 cm³/mol. The number of halogens is 1. The highest BCUT2D eigenvalue weighted by atomic mass is 32.2. The van der Waals surface area contributed by atoms with E-state index in [2.05, 4.69) is 5.32 Å². The van der Waals surface area contributed by atoms with Gasteiger partial charge in [-0.3, -0.25) is 0 Å². The lowest BCUT2D eigenvalue weighted by molar-refractivity contribution is 0.603. The van der Waals surface area contributed by atoms with Gasteiger partial charge >= 0.3 is 0 Å². The van der Waals surface area contributed by atoms with Crippen molar-refractivity contribution in [3.8, 4) is 0 Å². The zero-order chi connectivity index (χ0) is 12.7. The van der Waals surface area contributed by atoms with Crippen molar-refractivity contribution in [2.75, 3.05) is 35.4 Å². The van der Waals surface area contributed by atoms with Gasteiger partial charge in [0.1, 0.15) is 15.7 Å². The van der Waals surface area contributed by atoms with Gasteiger partial charge in [-0.25, -0.2) is 12.8 Å². The SMILES string of the molecule is CS(=O)(=O)CCSCCNc1ccc(F)cc1. The van der Waals surface area contributed by atoms with Crippen LogP contribution >= 0.6 is 11.8 Å². The van der Waals surface area contributed by atoms with Crippen molar-refractivity contribution in [3.63, 3.8) is 0 Å². The highest BCUT2D eigenvalue weighted by Gasteiger charge is 2.01. The number of rotatable bonds is 7. The van der Waals surface area contributed by atoms with Crippen molar-refractivity contribution >= 4 is 27.3 Å². The van der Waals surface area contributed by atoms with Crippen molar-refractivity contribution in [3.05, 3.63) is 30.1 Å². The topological polar surface area (TPSA) is 46.2 Å². The molecule has 0 saturated heterocycles. The summed E-state index contributed by atoms with van der Waals surface area (Å²) in [5.41, 5.74) is 0.870. The van der Waals surface area contributed by atoms with Crippen LogP contribution in [0.3, 0.4) is 0 Å². The molecular weight excluding hydrogens is 261 g/mol. The second-order valence-corrected chi connectivity index (χ2v) is 7.16. The summed E-state index contributed by atoms with van der Waals surface area (Å²) in [6, 6.07) is 6.16. The van der Waals surface area contributed by atoms with E-state index in [0.29, 0.717) is 5.75 Å². The Morgan fingerprint density at radius 3 is 2.47 bits per heavy atom. The van der Waals surface area contributed by atoms with Crippen LogP contribution in [0.4, 0.5) is 10.1 Å². The summed E-state index contributed by atoms with van der Waals surface area (Å²) in [6.07, 6.45) is 1.24. The Morgan fingerprint density at radius 2 is 1.88 bits per heavy atom. The molecule has 0 spiro atoms. The van der Waals surface area contributed by atoms with E-state index in [4.69, 9.17) is 0 Å². The van der Waals surface area contributed by atoms with Gasteiger partial charge in [0, 0.05) is 30.0 Å². The number of anilines is 1. The molecule has 1 N–H and O–H groups in total. The first-order chi connectivity index (χ1) is 7.97. The fourth-order valence-corrected chi connectivity index (χ4v) is 3.28. The standard InChI is InChI=1S/C11H16FNO2S2/c1-17(14,15)9-8-16-7-6-13-11-4-2-10(12)3-5-11/h2-5,13H,6-9H2,1H3. The molecule has 0 bridgehead atoms. The summed E-state index contributed by atoms with van der Waals surface area (Å²) in [5, 5.41) is 3.13. The van der Waals surface area contributed by atoms with Crippen LogP contribution in [0.2, 0.25) is 0 Å². The number of nitrogens with one attached hydrogen (secondary N) is 1. The lowest BCUT2D eigenvalue weighted by atomic mass is 10.3. The third-order valence-electron chi connectivity index (χ3n) is 2.02. The minimum Gasteiger partial charge on any atom is -0.384 e. The summed E-state index contributed by atoms with van der Waals surface area (Å²) in [6.45, 7) is 0.736. The maximum absolute atomic E-state index is 12.6. The lowest BCUT2D eigenvalue weighted by Gasteiger charge is -2.05. The van der Waals surface area contributed by atoms with Gasteiger partial charge in [0.25, 0.3) is 0 Å². The van der Waals surface area contributed by atoms with Gasteiger partial charge in [0.2, 0.25) is 0 Å². The van der Waals surface area contributed by atoms with Gasteiger partial charge in [0.05, 0.1) is 5.75 Å². The largest absolute Gasteiger partial charge is 0.384 e. The van der Waals surface area contributed by atoms with Crippen LogP contribution in [0.5, 0.6) is 0 Å². The van der Waals surface area contributed by atoms with E-state index in [0.717, 1.165) is 18.0 Å². The molecule has 96 valence electrons. The minimum atomic E-state index is -2.85. The van der Waals surface area contributed by atoms with Crippen molar-refractivity contribution in [1.82, 2.24) is 0 Å².